The number of carbonyl (C=O) groups excluding carboxylic acids is 1. The van der Waals surface area contributed by atoms with Crippen LogP contribution in [0.5, 0.6) is 5.75 Å². The summed E-state index contributed by atoms with van der Waals surface area (Å²) in [5.74, 6) is 1.22. The van der Waals surface area contributed by atoms with Gasteiger partial charge in [0.1, 0.15) is 16.5 Å². The van der Waals surface area contributed by atoms with Crippen LogP contribution in [0.1, 0.15) is 49.8 Å². The molecular formula is C27H33N3O4S. The molecule has 2 aliphatic rings. The molecule has 4 rings (SSSR count). The predicted molar refractivity (Wildman–Crippen MR) is 138 cm³/mol. The lowest BCUT2D eigenvalue weighted by atomic mass is 9.94. The van der Waals surface area contributed by atoms with E-state index < -0.39 is 10.0 Å². The van der Waals surface area contributed by atoms with E-state index in [4.69, 9.17) is 4.74 Å². The smallest absolute Gasteiger partial charge is 0.285 e. The van der Waals surface area contributed by atoms with E-state index in [2.05, 4.69) is 9.71 Å². The number of para-hydroxylation sites is 1. The highest BCUT2D eigenvalue weighted by atomic mass is 32.2. The van der Waals surface area contributed by atoms with Gasteiger partial charge in [0.15, 0.2) is 0 Å². The number of piperidine rings is 1. The van der Waals surface area contributed by atoms with Gasteiger partial charge in [-0.25, -0.2) is 0 Å². The van der Waals surface area contributed by atoms with Crippen LogP contribution in [-0.4, -0.2) is 44.8 Å². The summed E-state index contributed by atoms with van der Waals surface area (Å²) in [5.41, 5.74) is 3.45. The summed E-state index contributed by atoms with van der Waals surface area (Å²) in [6.45, 7) is 8.04. The normalized spacial score (nSPS) is 17.9. The fourth-order valence-electron chi connectivity index (χ4n) is 4.69. The first-order chi connectivity index (χ1) is 16.8. The Morgan fingerprint density at radius 2 is 1.77 bits per heavy atom. The lowest BCUT2D eigenvalue weighted by Gasteiger charge is -2.33. The molecule has 7 nitrogen and oxygen atoms in total. The van der Waals surface area contributed by atoms with Gasteiger partial charge < -0.3 is 15.0 Å². The Bertz CT molecular complexity index is 1240. The quantitative estimate of drug-likeness (QED) is 0.619. The third-order valence-electron chi connectivity index (χ3n) is 6.57. The molecule has 1 fully saturated rings. The average Bonchev–Trinajstić information content (AvgIpc) is 3.14. The molecule has 0 spiro atoms. The van der Waals surface area contributed by atoms with E-state index in [1.54, 1.807) is 0 Å². The van der Waals surface area contributed by atoms with Crippen molar-refractivity contribution in [3.8, 4) is 5.75 Å². The van der Waals surface area contributed by atoms with Crippen LogP contribution in [0.4, 0.5) is 0 Å². The van der Waals surface area contributed by atoms with E-state index in [-0.39, 0.29) is 11.8 Å². The van der Waals surface area contributed by atoms with Crippen molar-refractivity contribution in [2.45, 2.75) is 46.6 Å². The van der Waals surface area contributed by atoms with Crippen molar-refractivity contribution < 1.29 is 17.9 Å². The van der Waals surface area contributed by atoms with Crippen LogP contribution in [0.2, 0.25) is 0 Å². The average molecular weight is 496 g/mol. The number of nitrogens with one attached hydrogen (secondary N) is 1. The largest absolute Gasteiger partial charge is 0.494 e. The topological polar surface area (TPSA) is 88.1 Å². The SMILES string of the molecule is CCOc1ccccc1CNC(=O)C1CCN(C2=NS(=O)(=O)C(c3ccc(C)cc3)=C2CC)CC1. The number of amidine groups is 1. The first-order valence-electron chi connectivity index (χ1n) is 12.2. The Morgan fingerprint density at radius 1 is 1.09 bits per heavy atom. The van der Waals surface area contributed by atoms with E-state index >= 15 is 0 Å². The van der Waals surface area contributed by atoms with Gasteiger partial charge in [0.2, 0.25) is 5.91 Å². The van der Waals surface area contributed by atoms with E-state index in [1.165, 1.54) is 0 Å². The Morgan fingerprint density at radius 3 is 2.43 bits per heavy atom. The molecule has 186 valence electrons. The molecule has 0 radical (unpaired) electrons. The Balaban J connectivity index is 1.42. The molecule has 0 aliphatic carbocycles. The van der Waals surface area contributed by atoms with Crippen LogP contribution in [-0.2, 0) is 21.4 Å². The number of nitrogens with zero attached hydrogens (tertiary/aromatic N) is 2. The molecule has 1 amide bonds. The summed E-state index contributed by atoms with van der Waals surface area (Å²) in [4.78, 5) is 15.2. The summed E-state index contributed by atoms with van der Waals surface area (Å²) in [6, 6.07) is 15.2. The van der Waals surface area contributed by atoms with Gasteiger partial charge in [-0.05, 0) is 44.7 Å². The maximum atomic E-state index is 13.0. The molecule has 1 N–H and O–H groups in total. The van der Waals surface area contributed by atoms with Crippen LogP contribution < -0.4 is 10.1 Å². The van der Waals surface area contributed by atoms with Crippen LogP contribution in [0.15, 0.2) is 58.5 Å². The van der Waals surface area contributed by atoms with Crippen LogP contribution in [0.3, 0.4) is 0 Å². The highest BCUT2D eigenvalue weighted by Crippen LogP contribution is 2.36. The zero-order chi connectivity index (χ0) is 25.0. The number of benzene rings is 2. The zero-order valence-corrected chi connectivity index (χ0v) is 21.4. The molecule has 0 atom stereocenters. The third kappa shape index (κ3) is 5.42. The van der Waals surface area contributed by atoms with Gasteiger partial charge in [-0.2, -0.15) is 8.42 Å². The number of carbonyl (C=O) groups is 1. The number of ether oxygens (including phenoxy) is 1. The standard InChI is InChI=1S/C27H33N3O4S/c1-4-23-25(20-12-10-19(3)11-13-20)35(32,33)29-26(23)30-16-14-21(15-17-30)27(31)28-18-22-8-6-7-9-24(22)34-5-2/h6-13,21H,4-5,14-18H2,1-3H3,(H,28,31). The molecule has 35 heavy (non-hydrogen) atoms. The highest BCUT2D eigenvalue weighted by molar-refractivity contribution is 8.00. The molecule has 0 unspecified atom stereocenters. The van der Waals surface area contributed by atoms with E-state index in [0.29, 0.717) is 61.8 Å². The third-order valence-corrected chi connectivity index (χ3v) is 7.98. The number of hydrogen-bond donors (Lipinski definition) is 1. The molecule has 8 heteroatoms. The van der Waals surface area contributed by atoms with Gasteiger partial charge in [0, 0.05) is 36.7 Å². The van der Waals surface area contributed by atoms with Crippen molar-refractivity contribution in [1.82, 2.24) is 10.2 Å². The molecule has 2 aromatic rings. The van der Waals surface area contributed by atoms with Crippen molar-refractivity contribution >= 4 is 26.7 Å². The number of aryl methyl sites for hydroxylation is 1. The minimum Gasteiger partial charge on any atom is -0.494 e. The van der Waals surface area contributed by atoms with Gasteiger partial charge in [0.05, 0.1) is 6.61 Å². The predicted octanol–water partition coefficient (Wildman–Crippen LogP) is 4.29. The fourth-order valence-corrected chi connectivity index (χ4v) is 6.22. The van der Waals surface area contributed by atoms with Crippen LogP contribution in [0.25, 0.3) is 4.91 Å². The molecule has 0 saturated carbocycles. The molecule has 2 aromatic carbocycles. The first-order valence-corrected chi connectivity index (χ1v) is 13.7. The molecule has 1 saturated heterocycles. The van der Waals surface area contributed by atoms with Crippen LogP contribution in [0, 0.1) is 12.8 Å². The number of hydrogen-bond acceptors (Lipinski definition) is 5. The van der Waals surface area contributed by atoms with Gasteiger partial charge in [-0.15, -0.1) is 4.40 Å². The summed E-state index contributed by atoms with van der Waals surface area (Å²) in [6.07, 6.45) is 1.87. The minimum absolute atomic E-state index is 0.0172. The number of likely N-dealkylation sites (tertiary alicyclic amines) is 1. The van der Waals surface area contributed by atoms with Crippen molar-refractivity contribution in [3.05, 3.63) is 70.8 Å². The highest BCUT2D eigenvalue weighted by Gasteiger charge is 2.36. The summed E-state index contributed by atoms with van der Waals surface area (Å²) >= 11 is 0. The minimum atomic E-state index is -3.76. The summed E-state index contributed by atoms with van der Waals surface area (Å²) in [5, 5.41) is 3.05. The zero-order valence-electron chi connectivity index (χ0n) is 20.6. The monoisotopic (exact) mass is 495 g/mol. The second-order valence-corrected chi connectivity index (χ2v) is 10.5. The van der Waals surface area contributed by atoms with E-state index in [1.807, 2.05) is 74.2 Å². The molecule has 0 bridgehead atoms. The van der Waals surface area contributed by atoms with Crippen molar-refractivity contribution in [3.63, 3.8) is 0 Å². The maximum absolute atomic E-state index is 13.0. The molecule has 2 heterocycles. The number of sulfonamides is 1. The second kappa shape index (κ2) is 10.6. The lowest BCUT2D eigenvalue weighted by molar-refractivity contribution is -0.126. The maximum Gasteiger partial charge on any atom is 0.285 e. The Kier molecular flexibility index (Phi) is 7.60. The summed E-state index contributed by atoms with van der Waals surface area (Å²) < 4.78 is 35.8. The number of rotatable bonds is 7. The lowest BCUT2D eigenvalue weighted by Crippen LogP contribution is -2.43. The summed E-state index contributed by atoms with van der Waals surface area (Å²) in [7, 11) is -3.76. The number of amides is 1. The van der Waals surface area contributed by atoms with Crippen LogP contribution >= 0.6 is 0 Å². The van der Waals surface area contributed by atoms with Crippen molar-refractivity contribution in [1.29, 1.82) is 0 Å². The fraction of sp³-hybridized carbons (Fsp3) is 0.407. The van der Waals surface area contributed by atoms with Crippen molar-refractivity contribution in [2.24, 2.45) is 10.3 Å². The van der Waals surface area contributed by atoms with Gasteiger partial charge >= 0.3 is 0 Å². The Hall–Kier alpha value is -3.13. The van der Waals surface area contributed by atoms with Crippen molar-refractivity contribution in [2.75, 3.05) is 19.7 Å². The van der Waals surface area contributed by atoms with Gasteiger partial charge in [-0.1, -0.05) is 55.0 Å². The van der Waals surface area contributed by atoms with E-state index in [9.17, 15) is 13.2 Å². The molecular weight excluding hydrogens is 462 g/mol. The molecule has 2 aliphatic heterocycles. The second-order valence-electron chi connectivity index (χ2n) is 8.94. The first kappa shape index (κ1) is 25.0. The Labute approximate surface area is 208 Å². The van der Waals surface area contributed by atoms with Gasteiger partial charge in [-0.3, -0.25) is 4.79 Å². The molecule has 0 aromatic heterocycles. The van der Waals surface area contributed by atoms with E-state index in [0.717, 1.165) is 22.4 Å². The van der Waals surface area contributed by atoms with Gasteiger partial charge in [0.25, 0.3) is 10.0 Å².